The van der Waals surface area contributed by atoms with Crippen LogP contribution < -0.4 is 10.2 Å². The van der Waals surface area contributed by atoms with Gasteiger partial charge in [-0.3, -0.25) is 0 Å². The first-order valence-corrected chi connectivity index (χ1v) is 6.13. The smallest absolute Gasteiger partial charge is 0.142 e. The van der Waals surface area contributed by atoms with Gasteiger partial charge in [-0.2, -0.15) is 5.26 Å². The summed E-state index contributed by atoms with van der Waals surface area (Å²) in [4.78, 5) is 6.44. The van der Waals surface area contributed by atoms with E-state index in [1.54, 1.807) is 6.20 Å². The number of hydrogen-bond acceptors (Lipinski definition) is 4. The molecule has 0 radical (unpaired) electrons. The SMILES string of the molecule is CC1C2CNCC2CN1c1ccnc(C#N)c1. The molecule has 88 valence electrons. The summed E-state index contributed by atoms with van der Waals surface area (Å²) in [5, 5.41) is 12.3. The van der Waals surface area contributed by atoms with Gasteiger partial charge in [-0.1, -0.05) is 0 Å². The predicted octanol–water partition coefficient (Wildman–Crippen LogP) is 0.997. The zero-order chi connectivity index (χ0) is 11.8. The maximum Gasteiger partial charge on any atom is 0.142 e. The van der Waals surface area contributed by atoms with Crippen LogP contribution in [0.5, 0.6) is 0 Å². The van der Waals surface area contributed by atoms with Crippen LogP contribution in [-0.2, 0) is 0 Å². The van der Waals surface area contributed by atoms with Gasteiger partial charge in [0, 0.05) is 37.6 Å². The molecule has 1 aromatic heterocycles. The molecule has 3 unspecified atom stereocenters. The van der Waals surface area contributed by atoms with Gasteiger partial charge in [0.05, 0.1) is 0 Å². The molecule has 0 aromatic carbocycles. The molecule has 4 nitrogen and oxygen atoms in total. The molecule has 0 saturated carbocycles. The molecule has 17 heavy (non-hydrogen) atoms. The number of hydrogen-bond donors (Lipinski definition) is 1. The van der Waals surface area contributed by atoms with Crippen LogP contribution in [0.2, 0.25) is 0 Å². The molecule has 2 aliphatic heterocycles. The summed E-state index contributed by atoms with van der Waals surface area (Å²) in [6.45, 7) is 5.62. The number of aromatic nitrogens is 1. The van der Waals surface area contributed by atoms with E-state index in [0.29, 0.717) is 11.7 Å². The topological polar surface area (TPSA) is 52.0 Å². The van der Waals surface area contributed by atoms with Crippen molar-refractivity contribution in [3.8, 4) is 6.07 Å². The molecule has 2 aliphatic rings. The summed E-state index contributed by atoms with van der Waals surface area (Å²) in [6.07, 6.45) is 1.73. The molecule has 2 fully saturated rings. The molecule has 0 spiro atoms. The van der Waals surface area contributed by atoms with Crippen LogP contribution >= 0.6 is 0 Å². The minimum atomic E-state index is 0.505. The average molecular weight is 228 g/mol. The Bertz CT molecular complexity index is 465. The Morgan fingerprint density at radius 3 is 3.18 bits per heavy atom. The summed E-state index contributed by atoms with van der Waals surface area (Å²) in [7, 11) is 0. The Hall–Kier alpha value is -1.60. The van der Waals surface area contributed by atoms with Crippen LogP contribution in [0.15, 0.2) is 18.3 Å². The lowest BCUT2D eigenvalue weighted by Gasteiger charge is -2.26. The second-order valence-electron chi connectivity index (χ2n) is 4.99. The van der Waals surface area contributed by atoms with E-state index in [9.17, 15) is 0 Å². The number of rotatable bonds is 1. The highest BCUT2D eigenvalue weighted by atomic mass is 15.2. The van der Waals surface area contributed by atoms with Gasteiger partial charge in [0.1, 0.15) is 11.8 Å². The van der Waals surface area contributed by atoms with Crippen molar-refractivity contribution < 1.29 is 0 Å². The van der Waals surface area contributed by atoms with Gasteiger partial charge in [0.15, 0.2) is 0 Å². The average Bonchev–Trinajstić information content (AvgIpc) is 2.93. The molecular formula is C13H16N4. The number of nitrogens with zero attached hydrogens (tertiary/aromatic N) is 3. The van der Waals surface area contributed by atoms with Crippen LogP contribution in [0.3, 0.4) is 0 Å². The van der Waals surface area contributed by atoms with Gasteiger partial charge in [-0.25, -0.2) is 4.98 Å². The fourth-order valence-corrected chi connectivity index (χ4v) is 3.17. The molecule has 4 heteroatoms. The molecule has 0 bridgehead atoms. The van der Waals surface area contributed by atoms with Gasteiger partial charge in [0.2, 0.25) is 0 Å². The fourth-order valence-electron chi connectivity index (χ4n) is 3.17. The predicted molar refractivity (Wildman–Crippen MR) is 65.6 cm³/mol. The van der Waals surface area contributed by atoms with Crippen LogP contribution in [0, 0.1) is 23.2 Å². The molecule has 1 N–H and O–H groups in total. The monoisotopic (exact) mass is 228 g/mol. The van der Waals surface area contributed by atoms with Crippen molar-refractivity contribution in [2.45, 2.75) is 13.0 Å². The maximum absolute atomic E-state index is 8.89. The molecule has 2 saturated heterocycles. The Labute approximate surface area is 101 Å². The first-order chi connectivity index (χ1) is 8.29. The third-order valence-corrected chi connectivity index (χ3v) is 4.12. The molecule has 1 aromatic rings. The van der Waals surface area contributed by atoms with Crippen molar-refractivity contribution >= 4 is 5.69 Å². The van der Waals surface area contributed by atoms with Gasteiger partial charge in [0.25, 0.3) is 0 Å². The van der Waals surface area contributed by atoms with Crippen LogP contribution in [0.4, 0.5) is 5.69 Å². The lowest BCUT2D eigenvalue weighted by molar-refractivity contribution is 0.471. The number of nitrogens with one attached hydrogen (secondary N) is 1. The van der Waals surface area contributed by atoms with Crippen LogP contribution in [0.1, 0.15) is 12.6 Å². The van der Waals surface area contributed by atoms with E-state index in [2.05, 4.69) is 28.2 Å². The highest BCUT2D eigenvalue weighted by Crippen LogP contribution is 2.35. The van der Waals surface area contributed by atoms with E-state index >= 15 is 0 Å². The minimum Gasteiger partial charge on any atom is -0.368 e. The van der Waals surface area contributed by atoms with Crippen molar-refractivity contribution in [1.29, 1.82) is 5.26 Å². The third kappa shape index (κ3) is 1.67. The lowest BCUT2D eigenvalue weighted by Crippen LogP contribution is -2.33. The van der Waals surface area contributed by atoms with Crippen LogP contribution in [-0.4, -0.2) is 30.7 Å². The van der Waals surface area contributed by atoms with E-state index in [1.165, 1.54) is 0 Å². The van der Waals surface area contributed by atoms with E-state index in [0.717, 1.165) is 37.2 Å². The zero-order valence-electron chi connectivity index (χ0n) is 9.93. The second-order valence-corrected chi connectivity index (χ2v) is 4.99. The van der Waals surface area contributed by atoms with Gasteiger partial charge < -0.3 is 10.2 Å². The Morgan fingerprint density at radius 1 is 1.53 bits per heavy atom. The number of anilines is 1. The highest BCUT2D eigenvalue weighted by molar-refractivity contribution is 5.51. The van der Waals surface area contributed by atoms with E-state index < -0.39 is 0 Å². The molecule has 3 rings (SSSR count). The molecule has 0 amide bonds. The van der Waals surface area contributed by atoms with E-state index in [-0.39, 0.29) is 0 Å². The first kappa shape index (κ1) is 10.5. The van der Waals surface area contributed by atoms with Crippen molar-refractivity contribution in [2.75, 3.05) is 24.5 Å². The Balaban J connectivity index is 1.88. The maximum atomic E-state index is 8.89. The third-order valence-electron chi connectivity index (χ3n) is 4.12. The zero-order valence-corrected chi connectivity index (χ0v) is 9.93. The van der Waals surface area contributed by atoms with Gasteiger partial charge >= 0.3 is 0 Å². The number of nitriles is 1. The summed E-state index contributed by atoms with van der Waals surface area (Å²) >= 11 is 0. The minimum absolute atomic E-state index is 0.505. The normalized spacial score (nSPS) is 31.3. The summed E-state index contributed by atoms with van der Waals surface area (Å²) < 4.78 is 0. The summed E-state index contributed by atoms with van der Waals surface area (Å²) in [5.41, 5.74) is 1.64. The Morgan fingerprint density at radius 2 is 2.41 bits per heavy atom. The van der Waals surface area contributed by atoms with Crippen LogP contribution in [0.25, 0.3) is 0 Å². The molecule has 3 atom stereocenters. The Kier molecular flexibility index (Phi) is 2.49. The van der Waals surface area contributed by atoms with Gasteiger partial charge in [-0.15, -0.1) is 0 Å². The van der Waals surface area contributed by atoms with Crippen molar-refractivity contribution in [1.82, 2.24) is 10.3 Å². The quantitative estimate of drug-likeness (QED) is 0.779. The molecule has 0 aliphatic carbocycles. The van der Waals surface area contributed by atoms with Crippen molar-refractivity contribution in [2.24, 2.45) is 11.8 Å². The molecule has 3 heterocycles. The highest BCUT2D eigenvalue weighted by Gasteiger charge is 2.41. The molecular weight excluding hydrogens is 212 g/mol. The lowest BCUT2D eigenvalue weighted by atomic mass is 9.95. The number of fused-ring (bicyclic) bond motifs is 1. The number of pyridine rings is 1. The largest absolute Gasteiger partial charge is 0.368 e. The first-order valence-electron chi connectivity index (χ1n) is 6.13. The summed E-state index contributed by atoms with van der Waals surface area (Å²) in [5.74, 6) is 1.50. The summed E-state index contributed by atoms with van der Waals surface area (Å²) in [6, 6.07) is 6.55. The van der Waals surface area contributed by atoms with Crippen molar-refractivity contribution in [3.63, 3.8) is 0 Å². The fraction of sp³-hybridized carbons (Fsp3) is 0.538. The van der Waals surface area contributed by atoms with Gasteiger partial charge in [-0.05, 0) is 30.9 Å². The second kappa shape index (κ2) is 4.01. The van der Waals surface area contributed by atoms with E-state index in [1.807, 2.05) is 12.1 Å². The van der Waals surface area contributed by atoms with E-state index in [4.69, 9.17) is 5.26 Å². The standard InChI is InChI=1S/C13H16N4/c1-9-13-7-15-6-10(13)8-17(9)12-2-3-16-11(4-12)5-14/h2-4,9-10,13,15H,6-8H2,1H3. The van der Waals surface area contributed by atoms with Crippen molar-refractivity contribution in [3.05, 3.63) is 24.0 Å².